The molecule has 4 nitrogen and oxygen atoms in total. The lowest BCUT2D eigenvalue weighted by atomic mass is 9.72. The number of carbonyl (C=O) groups excluding carboxylic acids is 2. The van der Waals surface area contributed by atoms with Crippen molar-refractivity contribution in [3.63, 3.8) is 0 Å². The molecule has 0 saturated carbocycles. The maximum absolute atomic E-state index is 13.3. The number of benzene rings is 2. The average Bonchev–Trinajstić information content (AvgIpc) is 3.11. The molecule has 1 aliphatic carbocycles. The van der Waals surface area contributed by atoms with Gasteiger partial charge < -0.3 is 10.6 Å². The van der Waals surface area contributed by atoms with Crippen LogP contribution in [0.4, 0.5) is 15.1 Å². The van der Waals surface area contributed by atoms with Gasteiger partial charge >= 0.3 is 0 Å². The summed E-state index contributed by atoms with van der Waals surface area (Å²) in [5.41, 5.74) is 2.79. The number of hydrogen-bond donors (Lipinski definition) is 2. The van der Waals surface area contributed by atoms with Gasteiger partial charge in [-0.3, -0.25) is 9.59 Å². The number of halogens is 1. The van der Waals surface area contributed by atoms with Crippen molar-refractivity contribution in [2.75, 3.05) is 10.6 Å². The number of amides is 2. The van der Waals surface area contributed by atoms with Crippen molar-refractivity contribution in [2.24, 2.45) is 11.3 Å². The van der Waals surface area contributed by atoms with E-state index >= 15 is 0 Å². The molecule has 32 heavy (non-hydrogen) atoms. The van der Waals surface area contributed by atoms with E-state index in [-0.39, 0.29) is 17.2 Å². The molecule has 166 valence electrons. The predicted octanol–water partition coefficient (Wildman–Crippen LogP) is 6.54. The number of para-hydroxylation sites is 1. The topological polar surface area (TPSA) is 58.2 Å². The summed E-state index contributed by atoms with van der Waals surface area (Å²) in [4.78, 5) is 27.3. The molecule has 3 aromatic rings. The zero-order chi connectivity index (χ0) is 22.9. The van der Waals surface area contributed by atoms with Crippen molar-refractivity contribution in [2.45, 2.75) is 40.0 Å². The minimum absolute atomic E-state index is 0.172. The largest absolute Gasteiger partial charge is 0.322 e. The summed E-state index contributed by atoms with van der Waals surface area (Å²) in [6.07, 6.45) is 2.70. The van der Waals surface area contributed by atoms with Gasteiger partial charge in [-0.2, -0.15) is 0 Å². The molecule has 1 atom stereocenters. The van der Waals surface area contributed by atoms with Crippen LogP contribution < -0.4 is 10.6 Å². The van der Waals surface area contributed by atoms with Crippen LogP contribution in [0.3, 0.4) is 0 Å². The molecule has 0 fully saturated rings. The minimum Gasteiger partial charge on any atom is -0.322 e. The van der Waals surface area contributed by atoms with Gasteiger partial charge in [0.1, 0.15) is 10.8 Å². The maximum Gasteiger partial charge on any atom is 0.258 e. The summed E-state index contributed by atoms with van der Waals surface area (Å²) < 4.78 is 13.3. The van der Waals surface area contributed by atoms with Crippen LogP contribution in [0.2, 0.25) is 0 Å². The van der Waals surface area contributed by atoms with Crippen LogP contribution in [-0.2, 0) is 12.8 Å². The number of rotatable bonds is 4. The number of nitrogens with one attached hydrogen (secondary N) is 2. The first kappa shape index (κ1) is 22.2. The lowest BCUT2D eigenvalue weighted by Crippen LogP contribution is -2.27. The molecule has 1 aliphatic rings. The van der Waals surface area contributed by atoms with Gasteiger partial charge in [0.2, 0.25) is 0 Å². The first-order chi connectivity index (χ1) is 15.2. The molecule has 2 aromatic carbocycles. The van der Waals surface area contributed by atoms with E-state index in [0.717, 1.165) is 29.7 Å². The third kappa shape index (κ3) is 4.75. The Morgan fingerprint density at radius 2 is 1.66 bits per heavy atom. The van der Waals surface area contributed by atoms with Crippen molar-refractivity contribution in [1.82, 2.24) is 0 Å². The first-order valence-corrected chi connectivity index (χ1v) is 11.6. The third-order valence-electron chi connectivity index (χ3n) is 6.08. The van der Waals surface area contributed by atoms with Crippen molar-refractivity contribution in [3.8, 4) is 0 Å². The fraction of sp³-hybridized carbons (Fsp3) is 0.308. The van der Waals surface area contributed by atoms with Crippen LogP contribution in [0.1, 0.15) is 58.3 Å². The Morgan fingerprint density at radius 3 is 2.31 bits per heavy atom. The van der Waals surface area contributed by atoms with E-state index in [0.29, 0.717) is 27.7 Å². The average molecular weight is 451 g/mol. The lowest BCUT2D eigenvalue weighted by molar-refractivity contribution is 0.102. The van der Waals surface area contributed by atoms with Crippen molar-refractivity contribution in [3.05, 3.63) is 82.0 Å². The quantitative estimate of drug-likeness (QED) is 0.474. The molecule has 0 spiro atoms. The lowest BCUT2D eigenvalue weighted by Gasteiger charge is -2.33. The number of anilines is 2. The zero-order valence-electron chi connectivity index (χ0n) is 18.5. The second kappa shape index (κ2) is 8.87. The van der Waals surface area contributed by atoms with Gasteiger partial charge in [0.25, 0.3) is 11.8 Å². The molecule has 2 amide bonds. The minimum atomic E-state index is -0.399. The first-order valence-electron chi connectivity index (χ1n) is 10.8. The second-order valence-electron chi connectivity index (χ2n) is 9.29. The number of hydrogen-bond acceptors (Lipinski definition) is 3. The van der Waals surface area contributed by atoms with E-state index in [1.807, 2.05) is 30.3 Å². The summed E-state index contributed by atoms with van der Waals surface area (Å²) in [5, 5.41) is 6.43. The summed E-state index contributed by atoms with van der Waals surface area (Å²) in [7, 11) is 0. The summed E-state index contributed by atoms with van der Waals surface area (Å²) in [5.74, 6) is -0.467. The predicted molar refractivity (Wildman–Crippen MR) is 128 cm³/mol. The Morgan fingerprint density at radius 1 is 0.969 bits per heavy atom. The molecule has 2 N–H and O–H groups in total. The van der Waals surface area contributed by atoms with E-state index in [9.17, 15) is 14.0 Å². The van der Waals surface area contributed by atoms with Gasteiger partial charge in [-0.15, -0.1) is 11.3 Å². The maximum atomic E-state index is 13.3. The summed E-state index contributed by atoms with van der Waals surface area (Å²) >= 11 is 1.48. The van der Waals surface area contributed by atoms with Crippen molar-refractivity contribution < 1.29 is 14.0 Å². The number of thiophene rings is 1. The molecule has 0 saturated heterocycles. The van der Waals surface area contributed by atoms with E-state index < -0.39 is 5.82 Å². The molecule has 0 bridgehead atoms. The second-order valence-corrected chi connectivity index (χ2v) is 10.4. The molecule has 0 radical (unpaired) electrons. The number of fused-ring (bicyclic) bond motifs is 1. The standard InChI is InChI=1S/C26H27FN2O2S/c1-26(2,3)17-11-14-20-21(15-17)32-25(29-23(30)16-9-12-18(27)13-10-16)22(20)24(31)28-19-7-5-4-6-8-19/h4-10,12-13,17H,11,14-15H2,1-3H3,(H,28,31)(H,29,30). The highest BCUT2D eigenvalue weighted by Gasteiger charge is 2.34. The molecule has 1 heterocycles. The van der Waals surface area contributed by atoms with E-state index in [2.05, 4.69) is 31.4 Å². The van der Waals surface area contributed by atoms with Gasteiger partial charge in [0.05, 0.1) is 5.56 Å². The summed E-state index contributed by atoms with van der Waals surface area (Å²) in [6, 6.07) is 14.7. The monoisotopic (exact) mass is 450 g/mol. The smallest absolute Gasteiger partial charge is 0.258 e. The Labute approximate surface area is 191 Å². The third-order valence-corrected chi connectivity index (χ3v) is 7.25. The van der Waals surface area contributed by atoms with Crippen LogP contribution in [0, 0.1) is 17.2 Å². The van der Waals surface area contributed by atoms with Gasteiger partial charge in [-0.05, 0) is 72.6 Å². The van der Waals surface area contributed by atoms with Gasteiger partial charge in [0, 0.05) is 16.1 Å². The van der Waals surface area contributed by atoms with Crippen LogP contribution in [0.15, 0.2) is 54.6 Å². The Balaban J connectivity index is 1.68. The fourth-order valence-corrected chi connectivity index (χ4v) is 5.46. The van der Waals surface area contributed by atoms with Gasteiger partial charge in [-0.25, -0.2) is 4.39 Å². The summed E-state index contributed by atoms with van der Waals surface area (Å²) in [6.45, 7) is 6.74. The van der Waals surface area contributed by atoms with Crippen molar-refractivity contribution >= 4 is 33.8 Å². The molecule has 0 aliphatic heterocycles. The van der Waals surface area contributed by atoms with Crippen LogP contribution in [0.5, 0.6) is 0 Å². The molecule has 1 unspecified atom stereocenters. The molecule has 4 rings (SSSR count). The van der Waals surface area contributed by atoms with Crippen molar-refractivity contribution in [1.29, 1.82) is 0 Å². The zero-order valence-corrected chi connectivity index (χ0v) is 19.3. The highest BCUT2D eigenvalue weighted by atomic mass is 32.1. The van der Waals surface area contributed by atoms with Gasteiger partial charge in [-0.1, -0.05) is 39.0 Å². The number of carbonyl (C=O) groups is 2. The normalized spacial score (nSPS) is 15.7. The van der Waals surface area contributed by atoms with Crippen LogP contribution >= 0.6 is 11.3 Å². The Kier molecular flexibility index (Phi) is 6.15. The molecule has 6 heteroatoms. The van der Waals surface area contributed by atoms with E-state index in [4.69, 9.17) is 0 Å². The fourth-order valence-electron chi connectivity index (χ4n) is 4.15. The van der Waals surface area contributed by atoms with E-state index in [1.165, 1.54) is 35.6 Å². The highest BCUT2D eigenvalue weighted by Crippen LogP contribution is 2.44. The molecule has 1 aromatic heterocycles. The van der Waals surface area contributed by atoms with Gasteiger partial charge in [0.15, 0.2) is 0 Å². The van der Waals surface area contributed by atoms with Crippen LogP contribution in [0.25, 0.3) is 0 Å². The SMILES string of the molecule is CC(C)(C)C1CCc2c(sc(NC(=O)c3ccc(F)cc3)c2C(=O)Nc2ccccc2)C1. The Hall–Kier alpha value is -2.99. The molecular formula is C26H27FN2O2S. The highest BCUT2D eigenvalue weighted by molar-refractivity contribution is 7.17. The Bertz CT molecular complexity index is 1130. The van der Waals surface area contributed by atoms with E-state index in [1.54, 1.807) is 0 Å². The molecular weight excluding hydrogens is 423 g/mol. The van der Waals surface area contributed by atoms with Crippen LogP contribution in [-0.4, -0.2) is 11.8 Å².